The predicted molar refractivity (Wildman–Crippen MR) is 139 cm³/mol. The summed E-state index contributed by atoms with van der Waals surface area (Å²) in [4.78, 5) is 30.9. The van der Waals surface area contributed by atoms with Crippen molar-refractivity contribution in [2.24, 2.45) is 0 Å². The van der Waals surface area contributed by atoms with Gasteiger partial charge in [0.15, 0.2) is 5.13 Å². The van der Waals surface area contributed by atoms with E-state index in [1.807, 2.05) is 23.6 Å². The fraction of sp³-hybridized carbons (Fsp3) is 0.269. The predicted octanol–water partition coefficient (Wildman–Crippen LogP) is 6.71. The van der Waals surface area contributed by atoms with Crippen molar-refractivity contribution in [2.75, 3.05) is 5.32 Å². The zero-order valence-corrected chi connectivity index (χ0v) is 20.5. The fourth-order valence-corrected chi connectivity index (χ4v) is 4.77. The maximum Gasteiger partial charge on any atom is 0.267 e. The van der Waals surface area contributed by atoms with E-state index in [4.69, 9.17) is 11.6 Å². The Morgan fingerprint density at radius 2 is 1.82 bits per heavy atom. The van der Waals surface area contributed by atoms with Crippen molar-refractivity contribution in [3.63, 3.8) is 0 Å². The Hall–Kier alpha value is -3.16. The van der Waals surface area contributed by atoms with Crippen LogP contribution in [-0.2, 0) is 6.54 Å². The summed E-state index contributed by atoms with van der Waals surface area (Å²) in [5.41, 5.74) is 1.40. The highest BCUT2D eigenvalue weighted by Crippen LogP contribution is 2.29. The molecule has 0 unspecified atom stereocenters. The minimum atomic E-state index is -0.676. The standard InChI is InChI=1S/C26H26ClN3O3S/c1-2-3-4-5-8-15-30-21-10-7-6-9-19(21)23(31)22(25(30)33)24(32)29-26-28-20(16-34-26)17-11-13-18(27)14-12-17/h6-7,9-14,16,31H,2-5,8,15H2,1H3,(H,28,29,32). The number of anilines is 1. The first-order valence-electron chi connectivity index (χ1n) is 11.4. The molecule has 0 aliphatic rings. The number of carbonyl (C=O) groups is 1. The number of aromatic hydroxyl groups is 1. The smallest absolute Gasteiger partial charge is 0.267 e. The van der Waals surface area contributed by atoms with Gasteiger partial charge in [-0.05, 0) is 30.7 Å². The van der Waals surface area contributed by atoms with Gasteiger partial charge in [-0.25, -0.2) is 4.98 Å². The molecule has 2 aromatic carbocycles. The van der Waals surface area contributed by atoms with Crippen molar-refractivity contribution in [3.05, 3.63) is 74.9 Å². The van der Waals surface area contributed by atoms with E-state index in [0.717, 1.165) is 37.7 Å². The quantitative estimate of drug-likeness (QED) is 0.253. The van der Waals surface area contributed by atoms with Crippen molar-refractivity contribution in [1.29, 1.82) is 0 Å². The van der Waals surface area contributed by atoms with Crippen LogP contribution in [-0.4, -0.2) is 20.6 Å². The highest BCUT2D eigenvalue weighted by Gasteiger charge is 2.23. The van der Waals surface area contributed by atoms with Crippen molar-refractivity contribution < 1.29 is 9.90 Å². The average molecular weight is 496 g/mol. The maximum atomic E-state index is 13.3. The molecule has 8 heteroatoms. The van der Waals surface area contributed by atoms with E-state index in [1.165, 1.54) is 11.3 Å². The first-order chi connectivity index (χ1) is 16.5. The topological polar surface area (TPSA) is 84.2 Å². The third kappa shape index (κ3) is 5.16. The van der Waals surface area contributed by atoms with E-state index < -0.39 is 11.5 Å². The van der Waals surface area contributed by atoms with E-state index in [2.05, 4.69) is 17.2 Å². The van der Waals surface area contributed by atoms with Crippen LogP contribution >= 0.6 is 22.9 Å². The van der Waals surface area contributed by atoms with Gasteiger partial charge in [-0.1, -0.05) is 68.5 Å². The Morgan fingerprint density at radius 1 is 1.09 bits per heavy atom. The molecule has 0 aliphatic carbocycles. The van der Waals surface area contributed by atoms with Gasteiger partial charge in [0.1, 0.15) is 11.3 Å². The lowest BCUT2D eigenvalue weighted by Crippen LogP contribution is -2.30. The molecule has 0 saturated carbocycles. The lowest BCUT2D eigenvalue weighted by molar-refractivity contribution is 0.102. The van der Waals surface area contributed by atoms with Crippen LogP contribution in [0.15, 0.2) is 58.7 Å². The summed E-state index contributed by atoms with van der Waals surface area (Å²) in [5.74, 6) is -0.986. The summed E-state index contributed by atoms with van der Waals surface area (Å²) in [7, 11) is 0. The molecule has 0 radical (unpaired) electrons. The molecule has 2 aromatic heterocycles. The number of hydrogen-bond acceptors (Lipinski definition) is 5. The second-order valence-corrected chi connectivity index (χ2v) is 9.41. The number of halogens is 1. The number of nitrogens with one attached hydrogen (secondary N) is 1. The number of aryl methyl sites for hydroxylation is 1. The molecule has 0 aliphatic heterocycles. The monoisotopic (exact) mass is 495 g/mol. The first-order valence-corrected chi connectivity index (χ1v) is 12.6. The molecule has 0 atom stereocenters. The Kier molecular flexibility index (Phi) is 7.65. The second kappa shape index (κ2) is 10.8. The third-order valence-electron chi connectivity index (χ3n) is 5.72. The summed E-state index contributed by atoms with van der Waals surface area (Å²) >= 11 is 7.19. The summed E-state index contributed by atoms with van der Waals surface area (Å²) in [6.45, 7) is 2.64. The number of thiazole rings is 1. The summed E-state index contributed by atoms with van der Waals surface area (Å²) < 4.78 is 1.59. The van der Waals surface area contributed by atoms with Crippen LogP contribution in [0.25, 0.3) is 22.2 Å². The normalized spacial score (nSPS) is 11.1. The van der Waals surface area contributed by atoms with Gasteiger partial charge in [-0.3, -0.25) is 14.9 Å². The molecule has 2 heterocycles. The number of carbonyl (C=O) groups excluding carboxylic acids is 1. The van der Waals surface area contributed by atoms with Crippen LogP contribution in [0.5, 0.6) is 5.75 Å². The molecule has 0 spiro atoms. The van der Waals surface area contributed by atoms with Crippen LogP contribution in [0.4, 0.5) is 5.13 Å². The molecule has 1 amide bonds. The van der Waals surface area contributed by atoms with E-state index in [-0.39, 0.29) is 11.3 Å². The van der Waals surface area contributed by atoms with E-state index in [1.54, 1.807) is 34.9 Å². The van der Waals surface area contributed by atoms with Crippen molar-refractivity contribution in [1.82, 2.24) is 9.55 Å². The lowest BCUT2D eigenvalue weighted by Gasteiger charge is -2.14. The van der Waals surface area contributed by atoms with Crippen molar-refractivity contribution in [3.8, 4) is 17.0 Å². The van der Waals surface area contributed by atoms with Crippen molar-refractivity contribution in [2.45, 2.75) is 45.6 Å². The maximum absolute atomic E-state index is 13.3. The number of hydrogen-bond donors (Lipinski definition) is 2. The molecule has 6 nitrogen and oxygen atoms in total. The summed E-state index contributed by atoms with van der Waals surface area (Å²) in [6, 6.07) is 14.3. The minimum absolute atomic E-state index is 0.268. The van der Waals surface area contributed by atoms with Gasteiger partial charge in [0.2, 0.25) is 0 Å². The van der Waals surface area contributed by atoms with E-state index in [9.17, 15) is 14.7 Å². The lowest BCUT2D eigenvalue weighted by atomic mass is 10.1. The molecule has 0 saturated heterocycles. The number of rotatable bonds is 9. The van der Waals surface area contributed by atoms with Gasteiger partial charge in [-0.2, -0.15) is 0 Å². The number of amides is 1. The van der Waals surface area contributed by atoms with E-state index >= 15 is 0 Å². The number of aromatic nitrogens is 2. The molecule has 34 heavy (non-hydrogen) atoms. The Morgan fingerprint density at radius 3 is 2.59 bits per heavy atom. The Bertz CT molecular complexity index is 1360. The molecule has 0 bridgehead atoms. The molecule has 2 N–H and O–H groups in total. The molecular formula is C26H26ClN3O3S. The Labute approximate surface area is 206 Å². The average Bonchev–Trinajstić information content (AvgIpc) is 3.29. The van der Waals surface area contributed by atoms with Crippen LogP contribution < -0.4 is 10.9 Å². The van der Waals surface area contributed by atoms with E-state index in [0.29, 0.717) is 33.3 Å². The highest BCUT2D eigenvalue weighted by molar-refractivity contribution is 7.14. The van der Waals surface area contributed by atoms with Crippen LogP contribution in [0.2, 0.25) is 5.02 Å². The van der Waals surface area contributed by atoms with Crippen LogP contribution in [0, 0.1) is 0 Å². The number of pyridine rings is 1. The molecular weight excluding hydrogens is 470 g/mol. The second-order valence-electron chi connectivity index (χ2n) is 8.11. The molecule has 4 aromatic rings. The highest BCUT2D eigenvalue weighted by atomic mass is 35.5. The zero-order chi connectivity index (χ0) is 24.1. The molecule has 0 fully saturated rings. The fourth-order valence-electron chi connectivity index (χ4n) is 3.93. The summed E-state index contributed by atoms with van der Waals surface area (Å²) in [5, 5.41) is 16.8. The largest absolute Gasteiger partial charge is 0.506 e. The van der Waals surface area contributed by atoms with Crippen LogP contribution in [0.3, 0.4) is 0 Å². The SMILES string of the molecule is CCCCCCCn1c(=O)c(C(=O)Nc2nc(-c3ccc(Cl)cc3)cs2)c(O)c2ccccc21. The molecule has 176 valence electrons. The number of fused-ring (bicyclic) bond motifs is 1. The van der Waals surface area contributed by atoms with Gasteiger partial charge in [0, 0.05) is 27.9 Å². The van der Waals surface area contributed by atoms with Gasteiger partial charge in [0.25, 0.3) is 11.5 Å². The number of nitrogens with zero attached hydrogens (tertiary/aromatic N) is 2. The van der Waals surface area contributed by atoms with Gasteiger partial charge in [-0.15, -0.1) is 11.3 Å². The van der Waals surface area contributed by atoms with Gasteiger partial charge >= 0.3 is 0 Å². The number of para-hydroxylation sites is 1. The minimum Gasteiger partial charge on any atom is -0.506 e. The third-order valence-corrected chi connectivity index (χ3v) is 6.73. The first kappa shape index (κ1) is 24.0. The van der Waals surface area contributed by atoms with Crippen molar-refractivity contribution >= 4 is 44.9 Å². The zero-order valence-electron chi connectivity index (χ0n) is 18.9. The number of unbranched alkanes of at least 4 members (excludes halogenated alkanes) is 4. The van der Waals surface area contributed by atoms with Gasteiger partial charge < -0.3 is 9.67 Å². The number of benzene rings is 2. The summed E-state index contributed by atoms with van der Waals surface area (Å²) in [6.07, 6.45) is 5.23. The Balaban J connectivity index is 1.62. The van der Waals surface area contributed by atoms with Gasteiger partial charge in [0.05, 0.1) is 11.2 Å². The van der Waals surface area contributed by atoms with Crippen LogP contribution in [0.1, 0.15) is 49.4 Å². The molecule has 4 rings (SSSR count).